The number of rotatable bonds is 17. The third-order valence-corrected chi connectivity index (χ3v) is 11.5. The summed E-state index contributed by atoms with van der Waals surface area (Å²) in [7, 11) is 5.27. The number of likely N-dealkylation sites (tertiary alicyclic amines) is 1. The SMILES string of the molecule is COc1ccc(CC(NC(=S)C(CCOc2cccc(CN3CCCCC3)c2)(n2nc(SC)nc2N)n2nc(N3CCN(C)CC3)nc2N)C(N)=S)cc1OC. The Morgan fingerprint density at radius 1 is 0.893 bits per heavy atom. The molecule has 7 N–H and O–H groups in total. The van der Waals surface area contributed by atoms with Crippen molar-refractivity contribution < 1.29 is 14.2 Å². The molecule has 0 aliphatic carbocycles. The Kier molecular flexibility index (Phi) is 13.7. The van der Waals surface area contributed by atoms with Crippen LogP contribution in [0.1, 0.15) is 36.8 Å². The Morgan fingerprint density at radius 3 is 2.29 bits per heavy atom. The highest BCUT2D eigenvalue weighted by Crippen LogP contribution is 2.33. The van der Waals surface area contributed by atoms with Gasteiger partial charge in [0.05, 0.1) is 31.9 Å². The number of hydrogen-bond acceptors (Lipinski definition) is 15. The number of nitrogens with zero attached hydrogens (tertiary/aromatic N) is 9. The number of aromatic nitrogens is 6. The number of ether oxygens (including phenoxy) is 3. The van der Waals surface area contributed by atoms with Crippen molar-refractivity contribution in [2.75, 3.05) is 89.8 Å². The summed E-state index contributed by atoms with van der Waals surface area (Å²) in [5.74, 6) is 2.58. The number of benzene rings is 2. The number of nitrogen functional groups attached to an aromatic ring is 2. The van der Waals surface area contributed by atoms with Crippen LogP contribution in [0.15, 0.2) is 47.6 Å². The van der Waals surface area contributed by atoms with Gasteiger partial charge < -0.3 is 46.5 Å². The zero-order valence-corrected chi connectivity index (χ0v) is 35.0. The second kappa shape index (κ2) is 18.7. The number of methoxy groups -OCH3 is 2. The minimum Gasteiger partial charge on any atom is -0.493 e. The lowest BCUT2D eigenvalue weighted by molar-refractivity contribution is 0.198. The van der Waals surface area contributed by atoms with E-state index in [4.69, 9.17) is 71.0 Å². The molecule has 0 spiro atoms. The molecular weight excluding hydrogens is 771 g/mol. The molecule has 2 aromatic carbocycles. The number of piperidine rings is 1. The number of thioether (sulfide) groups is 1. The first kappa shape index (κ1) is 41.2. The maximum atomic E-state index is 6.83. The number of thiocarbonyl (C=S) groups is 2. The van der Waals surface area contributed by atoms with E-state index in [1.165, 1.54) is 36.6 Å². The second-order valence-corrected chi connectivity index (χ2v) is 15.7. The maximum Gasteiger partial charge on any atom is 0.246 e. The number of anilines is 3. The van der Waals surface area contributed by atoms with Gasteiger partial charge in [0, 0.05) is 39.1 Å². The molecule has 2 unspecified atom stereocenters. The standard InChI is InChI=1S/C37H53N13O3S3/c1-46-16-18-48(19-17-46)35-42-33(39)49(44-35)37(50-34(40)43-36(45-50)56-4,13-20-53-27-10-8-9-26(21-27)24-47-14-6-5-7-15-47)32(55)41-28(31(38)54)22-25-11-12-29(51-2)30(23-25)52-3/h8-12,21,23,28H,5-7,13-20,22,24H2,1-4H3,(H2,38,54)(H,41,55)(H2,39,42,44)(H2,40,43,45). The molecule has 2 aliphatic rings. The van der Waals surface area contributed by atoms with E-state index >= 15 is 0 Å². The Labute approximate surface area is 343 Å². The molecular formula is C37H53N13O3S3. The summed E-state index contributed by atoms with van der Waals surface area (Å²) < 4.78 is 20.7. The number of piperazine rings is 1. The summed E-state index contributed by atoms with van der Waals surface area (Å²) in [6.07, 6.45) is 6.15. The monoisotopic (exact) mass is 823 g/mol. The first-order valence-electron chi connectivity index (χ1n) is 18.7. The second-order valence-electron chi connectivity index (χ2n) is 14.1. The van der Waals surface area contributed by atoms with E-state index in [2.05, 4.69) is 44.2 Å². The zero-order chi connectivity index (χ0) is 39.8. The quantitative estimate of drug-likeness (QED) is 0.0898. The molecule has 0 bridgehead atoms. The van der Waals surface area contributed by atoms with Crippen molar-refractivity contribution in [2.24, 2.45) is 5.73 Å². The van der Waals surface area contributed by atoms with Gasteiger partial charge in [0.15, 0.2) is 11.5 Å². The first-order chi connectivity index (χ1) is 27.0. The van der Waals surface area contributed by atoms with Crippen LogP contribution in [0.3, 0.4) is 0 Å². The van der Waals surface area contributed by atoms with Crippen molar-refractivity contribution >= 4 is 64.0 Å². The van der Waals surface area contributed by atoms with E-state index in [0.717, 1.165) is 57.1 Å². The van der Waals surface area contributed by atoms with E-state index in [9.17, 15) is 0 Å². The van der Waals surface area contributed by atoms with Crippen LogP contribution < -0.4 is 41.6 Å². The average molecular weight is 824 g/mol. The minimum absolute atomic E-state index is 0.102. The van der Waals surface area contributed by atoms with E-state index in [1.807, 2.05) is 36.6 Å². The Bertz CT molecular complexity index is 1960. The molecule has 19 heteroatoms. The lowest BCUT2D eigenvalue weighted by atomic mass is 10.0. The van der Waals surface area contributed by atoms with E-state index in [0.29, 0.717) is 29.0 Å². The molecule has 16 nitrogen and oxygen atoms in total. The molecule has 2 saturated heterocycles. The Balaban J connectivity index is 1.38. The van der Waals surface area contributed by atoms with Crippen molar-refractivity contribution in [3.05, 3.63) is 53.6 Å². The number of nitrogens with one attached hydrogen (secondary N) is 1. The molecule has 302 valence electrons. The van der Waals surface area contributed by atoms with Gasteiger partial charge in [-0.05, 0) is 81.0 Å². The van der Waals surface area contributed by atoms with Gasteiger partial charge in [0.2, 0.25) is 28.7 Å². The summed E-state index contributed by atoms with van der Waals surface area (Å²) in [5.41, 5.74) is 20.5. The van der Waals surface area contributed by atoms with Crippen LogP contribution in [0.4, 0.5) is 17.8 Å². The number of likely N-dealkylation sites (N-methyl/N-ethyl adjacent to an activating group) is 1. The number of nitrogens with two attached hydrogens (primary N) is 3. The highest BCUT2D eigenvalue weighted by atomic mass is 32.2. The van der Waals surface area contributed by atoms with Crippen LogP contribution in [0.2, 0.25) is 0 Å². The molecule has 4 aromatic rings. The van der Waals surface area contributed by atoms with Crippen molar-refractivity contribution in [1.29, 1.82) is 0 Å². The van der Waals surface area contributed by atoms with Gasteiger partial charge in [0.25, 0.3) is 0 Å². The summed E-state index contributed by atoms with van der Waals surface area (Å²) in [5, 5.41) is 13.8. The summed E-state index contributed by atoms with van der Waals surface area (Å²) in [6, 6.07) is 13.2. The van der Waals surface area contributed by atoms with Gasteiger partial charge in [-0.25, -0.2) is 0 Å². The molecule has 2 fully saturated rings. The van der Waals surface area contributed by atoms with Gasteiger partial charge in [0.1, 0.15) is 10.7 Å². The van der Waals surface area contributed by atoms with Gasteiger partial charge in [-0.1, -0.05) is 60.8 Å². The maximum absolute atomic E-state index is 6.83. The van der Waals surface area contributed by atoms with Crippen LogP contribution >= 0.6 is 36.2 Å². The van der Waals surface area contributed by atoms with Crippen molar-refractivity contribution in [3.63, 3.8) is 0 Å². The smallest absolute Gasteiger partial charge is 0.246 e. The first-order valence-corrected chi connectivity index (χ1v) is 20.8. The average Bonchev–Trinajstić information content (AvgIpc) is 3.79. The predicted octanol–water partition coefficient (Wildman–Crippen LogP) is 3.00. The fourth-order valence-corrected chi connectivity index (χ4v) is 8.06. The zero-order valence-electron chi connectivity index (χ0n) is 32.5. The van der Waals surface area contributed by atoms with Crippen molar-refractivity contribution in [3.8, 4) is 17.2 Å². The normalized spacial score (nSPS) is 16.9. The fourth-order valence-electron chi connectivity index (χ4n) is 7.16. The molecule has 0 saturated carbocycles. The molecule has 56 heavy (non-hydrogen) atoms. The highest BCUT2D eigenvalue weighted by molar-refractivity contribution is 7.98. The third-order valence-electron chi connectivity index (χ3n) is 10.3. The van der Waals surface area contributed by atoms with E-state index < -0.39 is 11.7 Å². The summed E-state index contributed by atoms with van der Waals surface area (Å²) in [6.45, 7) is 6.39. The van der Waals surface area contributed by atoms with Crippen molar-refractivity contribution in [2.45, 2.75) is 55.5 Å². The van der Waals surface area contributed by atoms with Gasteiger partial charge in [-0.3, -0.25) is 4.90 Å². The van der Waals surface area contributed by atoms with Crippen LogP contribution in [0.5, 0.6) is 17.2 Å². The lowest BCUT2D eigenvalue weighted by Gasteiger charge is -2.37. The highest BCUT2D eigenvalue weighted by Gasteiger charge is 2.46. The van der Waals surface area contributed by atoms with Crippen LogP contribution in [-0.4, -0.2) is 129 Å². The molecule has 4 heterocycles. The van der Waals surface area contributed by atoms with Gasteiger partial charge >= 0.3 is 0 Å². The Morgan fingerprint density at radius 2 is 1.61 bits per heavy atom. The molecule has 2 aliphatic heterocycles. The summed E-state index contributed by atoms with van der Waals surface area (Å²) in [4.78, 5) is 16.6. The molecule has 2 aromatic heterocycles. The fraction of sp³-hybridized carbons (Fsp3) is 0.514. The lowest BCUT2D eigenvalue weighted by Crippen LogP contribution is -2.59. The number of hydrogen-bond donors (Lipinski definition) is 4. The van der Waals surface area contributed by atoms with E-state index in [1.54, 1.807) is 23.6 Å². The van der Waals surface area contributed by atoms with Crippen LogP contribution in [-0.2, 0) is 18.6 Å². The van der Waals surface area contributed by atoms with Gasteiger partial charge in [-0.15, -0.1) is 10.2 Å². The van der Waals surface area contributed by atoms with Crippen LogP contribution in [0, 0.1) is 0 Å². The third kappa shape index (κ3) is 9.39. The topological polar surface area (TPSA) is 189 Å². The van der Waals surface area contributed by atoms with Gasteiger partial charge in [-0.2, -0.15) is 19.3 Å². The largest absolute Gasteiger partial charge is 0.493 e. The van der Waals surface area contributed by atoms with Crippen LogP contribution in [0.25, 0.3) is 0 Å². The summed E-state index contributed by atoms with van der Waals surface area (Å²) >= 11 is 13.4. The van der Waals surface area contributed by atoms with Crippen molar-refractivity contribution in [1.82, 2.24) is 44.6 Å². The molecule has 0 radical (unpaired) electrons. The van der Waals surface area contributed by atoms with E-state index in [-0.39, 0.29) is 34.9 Å². The Hall–Kier alpha value is -4.43. The molecule has 0 amide bonds. The minimum atomic E-state index is -1.51. The molecule has 6 rings (SSSR count). The molecule has 2 atom stereocenters. The predicted molar refractivity (Wildman–Crippen MR) is 229 cm³/mol.